The summed E-state index contributed by atoms with van der Waals surface area (Å²) >= 11 is 0. The minimum atomic E-state index is -4.42. The van der Waals surface area contributed by atoms with Crippen LogP contribution in [0.2, 0.25) is 0 Å². The van der Waals surface area contributed by atoms with Gasteiger partial charge in [0, 0.05) is 24.8 Å². The zero-order chi connectivity index (χ0) is 18.1. The fourth-order valence-corrected chi connectivity index (χ4v) is 2.93. The van der Waals surface area contributed by atoms with E-state index >= 15 is 0 Å². The fraction of sp³-hybridized carbons (Fsp3) is 0.353. The molecule has 6 nitrogen and oxygen atoms in total. The molecule has 3 aromatic rings. The van der Waals surface area contributed by atoms with Crippen molar-refractivity contribution in [1.29, 1.82) is 0 Å². The van der Waals surface area contributed by atoms with Gasteiger partial charge in [-0.3, -0.25) is 0 Å². The predicted molar refractivity (Wildman–Crippen MR) is 88.7 cm³/mol. The summed E-state index contributed by atoms with van der Waals surface area (Å²) in [6.45, 7) is 1.39. The normalized spacial score (nSPS) is 16.1. The van der Waals surface area contributed by atoms with Crippen molar-refractivity contribution >= 4 is 11.5 Å². The Morgan fingerprint density at radius 1 is 1.08 bits per heavy atom. The Balaban J connectivity index is 1.68. The van der Waals surface area contributed by atoms with Crippen molar-refractivity contribution in [1.82, 2.24) is 19.8 Å². The predicted octanol–water partition coefficient (Wildman–Crippen LogP) is 3.40. The van der Waals surface area contributed by atoms with E-state index in [0.29, 0.717) is 30.2 Å². The maximum Gasteiger partial charge on any atom is 0.416 e. The van der Waals surface area contributed by atoms with Crippen molar-refractivity contribution in [2.45, 2.75) is 25.1 Å². The fourth-order valence-electron chi connectivity index (χ4n) is 2.93. The summed E-state index contributed by atoms with van der Waals surface area (Å²) in [5.74, 6) is 0.888. The summed E-state index contributed by atoms with van der Waals surface area (Å²) in [5, 5.41) is 15.8. The molecule has 9 heteroatoms. The quantitative estimate of drug-likeness (QED) is 0.773. The minimum absolute atomic E-state index is 0.252. The van der Waals surface area contributed by atoms with Gasteiger partial charge in [-0.25, -0.2) is 0 Å². The molecule has 136 valence electrons. The Morgan fingerprint density at radius 2 is 1.88 bits per heavy atom. The highest BCUT2D eigenvalue weighted by molar-refractivity contribution is 5.60. The number of ether oxygens (including phenoxy) is 1. The van der Waals surface area contributed by atoms with Gasteiger partial charge in [-0.1, -0.05) is 12.1 Å². The maximum atomic E-state index is 13.0. The van der Waals surface area contributed by atoms with Crippen LogP contribution in [-0.2, 0) is 10.9 Å². The van der Waals surface area contributed by atoms with Gasteiger partial charge < -0.3 is 10.1 Å². The number of anilines is 1. The smallest absolute Gasteiger partial charge is 0.381 e. The van der Waals surface area contributed by atoms with E-state index in [9.17, 15) is 13.2 Å². The molecule has 1 aliphatic rings. The summed E-state index contributed by atoms with van der Waals surface area (Å²) in [6.07, 6.45) is -2.66. The number of rotatable bonds is 3. The molecule has 26 heavy (non-hydrogen) atoms. The molecular formula is C17H16F3N5O. The van der Waals surface area contributed by atoms with Crippen molar-refractivity contribution < 1.29 is 17.9 Å². The van der Waals surface area contributed by atoms with E-state index in [4.69, 9.17) is 4.74 Å². The van der Waals surface area contributed by atoms with Gasteiger partial charge in [0.15, 0.2) is 11.5 Å². The Kier molecular flexibility index (Phi) is 4.23. The van der Waals surface area contributed by atoms with Gasteiger partial charge in [0.25, 0.3) is 0 Å². The van der Waals surface area contributed by atoms with Crippen LogP contribution in [0.5, 0.6) is 0 Å². The molecule has 0 spiro atoms. The molecule has 0 unspecified atom stereocenters. The lowest BCUT2D eigenvalue weighted by molar-refractivity contribution is -0.137. The lowest BCUT2D eigenvalue weighted by atomic mass is 10.1. The first-order valence-electron chi connectivity index (χ1n) is 8.25. The molecule has 3 heterocycles. The van der Waals surface area contributed by atoms with Crippen LogP contribution in [0, 0.1) is 0 Å². The number of nitrogens with one attached hydrogen (secondary N) is 1. The molecule has 1 N–H and O–H groups in total. The second kappa shape index (κ2) is 6.56. The number of nitrogens with zero attached hydrogens (tertiary/aromatic N) is 4. The van der Waals surface area contributed by atoms with Crippen molar-refractivity contribution in [3.63, 3.8) is 0 Å². The van der Waals surface area contributed by atoms with Crippen LogP contribution in [0.1, 0.15) is 18.4 Å². The zero-order valence-electron chi connectivity index (χ0n) is 13.7. The largest absolute Gasteiger partial charge is 0.416 e. The van der Waals surface area contributed by atoms with Crippen LogP contribution in [0.25, 0.3) is 17.0 Å². The number of hydrogen-bond donors (Lipinski definition) is 1. The summed E-state index contributed by atoms with van der Waals surface area (Å²) in [6, 6.07) is 8.76. The Bertz CT molecular complexity index is 918. The number of halogens is 3. The number of hydrogen-bond acceptors (Lipinski definition) is 5. The van der Waals surface area contributed by atoms with Crippen LogP contribution in [-0.4, -0.2) is 39.1 Å². The van der Waals surface area contributed by atoms with E-state index in [2.05, 4.69) is 20.6 Å². The van der Waals surface area contributed by atoms with Gasteiger partial charge in [0.2, 0.25) is 0 Å². The van der Waals surface area contributed by atoms with Gasteiger partial charge in [-0.15, -0.1) is 15.3 Å². The average molecular weight is 363 g/mol. The molecule has 1 aliphatic heterocycles. The molecule has 1 aromatic carbocycles. The summed E-state index contributed by atoms with van der Waals surface area (Å²) in [7, 11) is 0. The molecule has 0 saturated carbocycles. The number of alkyl halides is 3. The second-order valence-electron chi connectivity index (χ2n) is 6.12. The first-order chi connectivity index (χ1) is 12.5. The summed E-state index contributed by atoms with van der Waals surface area (Å²) in [5.41, 5.74) is 0.0428. The molecule has 0 amide bonds. The first kappa shape index (κ1) is 16.8. The lowest BCUT2D eigenvalue weighted by Gasteiger charge is -2.23. The van der Waals surface area contributed by atoms with Gasteiger partial charge in [0.1, 0.15) is 5.82 Å². The maximum absolute atomic E-state index is 13.0. The molecule has 4 rings (SSSR count). The number of fused-ring (bicyclic) bond motifs is 1. The van der Waals surface area contributed by atoms with Crippen molar-refractivity contribution in [2.75, 3.05) is 18.5 Å². The Labute approximate surface area is 147 Å². The molecule has 0 radical (unpaired) electrons. The molecule has 1 fully saturated rings. The van der Waals surface area contributed by atoms with Gasteiger partial charge >= 0.3 is 6.18 Å². The van der Waals surface area contributed by atoms with Crippen LogP contribution in [0.15, 0.2) is 36.4 Å². The van der Waals surface area contributed by atoms with Crippen molar-refractivity contribution in [3.05, 3.63) is 42.0 Å². The van der Waals surface area contributed by atoms with Crippen LogP contribution in [0.3, 0.4) is 0 Å². The van der Waals surface area contributed by atoms with Crippen molar-refractivity contribution in [3.8, 4) is 11.4 Å². The average Bonchev–Trinajstić information content (AvgIpc) is 3.05. The molecule has 0 aliphatic carbocycles. The number of aromatic nitrogens is 4. The zero-order valence-corrected chi connectivity index (χ0v) is 13.7. The number of benzene rings is 1. The van der Waals surface area contributed by atoms with Gasteiger partial charge in [0.05, 0.1) is 5.56 Å². The van der Waals surface area contributed by atoms with Gasteiger partial charge in [-0.2, -0.15) is 17.7 Å². The highest BCUT2D eigenvalue weighted by atomic mass is 19.4. The summed E-state index contributed by atoms with van der Waals surface area (Å²) < 4.78 is 45.7. The second-order valence-corrected chi connectivity index (χ2v) is 6.12. The Hall–Kier alpha value is -2.68. The van der Waals surface area contributed by atoms with E-state index in [1.54, 1.807) is 18.2 Å². The highest BCUT2D eigenvalue weighted by Crippen LogP contribution is 2.31. The van der Waals surface area contributed by atoms with E-state index < -0.39 is 11.7 Å². The topological polar surface area (TPSA) is 64.3 Å². The van der Waals surface area contributed by atoms with E-state index in [-0.39, 0.29) is 11.9 Å². The van der Waals surface area contributed by atoms with Gasteiger partial charge in [-0.05, 0) is 37.1 Å². The molecule has 2 aromatic heterocycles. The highest BCUT2D eigenvalue weighted by Gasteiger charge is 2.30. The third-order valence-corrected chi connectivity index (χ3v) is 4.28. The molecule has 0 bridgehead atoms. The Morgan fingerprint density at radius 3 is 2.65 bits per heavy atom. The monoisotopic (exact) mass is 363 g/mol. The van der Waals surface area contributed by atoms with E-state index in [1.165, 1.54) is 10.6 Å². The van der Waals surface area contributed by atoms with Crippen LogP contribution >= 0.6 is 0 Å². The molecule has 1 saturated heterocycles. The lowest BCUT2D eigenvalue weighted by Crippen LogP contribution is -2.28. The first-order valence-corrected chi connectivity index (χ1v) is 8.25. The third kappa shape index (κ3) is 3.34. The van der Waals surface area contributed by atoms with Crippen molar-refractivity contribution in [2.24, 2.45) is 0 Å². The molecule has 0 atom stereocenters. The van der Waals surface area contributed by atoms with Crippen LogP contribution < -0.4 is 5.32 Å². The minimum Gasteiger partial charge on any atom is -0.381 e. The van der Waals surface area contributed by atoms with E-state index in [0.717, 1.165) is 25.0 Å². The SMILES string of the molecule is FC(F)(F)c1cccc(-c2nnc3ccc(NC4CCOCC4)nn23)c1. The van der Waals surface area contributed by atoms with E-state index in [1.807, 2.05) is 0 Å². The molecular weight excluding hydrogens is 347 g/mol. The third-order valence-electron chi connectivity index (χ3n) is 4.28. The standard InChI is InChI=1S/C17H16F3N5O/c18-17(19,20)12-3-1-2-11(10-12)16-23-22-15-5-4-14(24-25(15)16)21-13-6-8-26-9-7-13/h1-5,10,13H,6-9H2,(H,21,24). The van der Waals surface area contributed by atoms with Crippen LogP contribution in [0.4, 0.5) is 19.0 Å². The summed E-state index contributed by atoms with van der Waals surface area (Å²) in [4.78, 5) is 0.